The number of hydrogen-bond acceptors (Lipinski definition) is 5. The quantitative estimate of drug-likeness (QED) is 0.725. The zero-order valence-corrected chi connectivity index (χ0v) is 11.3. The van der Waals surface area contributed by atoms with Gasteiger partial charge in [0.15, 0.2) is 5.82 Å². The summed E-state index contributed by atoms with van der Waals surface area (Å²) in [6.07, 6.45) is -0.0728. The Morgan fingerprint density at radius 1 is 1.38 bits per heavy atom. The number of ether oxygens (including phenoxy) is 1. The summed E-state index contributed by atoms with van der Waals surface area (Å²) in [6.45, 7) is 0.255. The molecule has 0 bridgehead atoms. The maximum absolute atomic E-state index is 11.9. The number of aromatic amines is 1. The zero-order valence-electron chi connectivity index (χ0n) is 11.3. The first-order valence-corrected chi connectivity index (χ1v) is 6.11. The Labute approximate surface area is 120 Å². The third kappa shape index (κ3) is 3.86. The molecule has 1 amide bonds. The zero-order chi connectivity index (χ0) is 15.2. The van der Waals surface area contributed by atoms with Crippen molar-refractivity contribution in [2.24, 2.45) is 0 Å². The van der Waals surface area contributed by atoms with E-state index in [-0.39, 0.29) is 24.5 Å². The van der Waals surface area contributed by atoms with Gasteiger partial charge in [0.25, 0.3) is 0 Å². The number of H-pyrrole nitrogens is 1. The van der Waals surface area contributed by atoms with Crippen LogP contribution in [0.4, 0.5) is 5.95 Å². The average molecular weight is 290 g/mol. The predicted octanol–water partition coefficient (Wildman–Crippen LogP) is 0.830. The number of carbonyl (C=O) groups is 2. The standard InChI is InChI=1S/C13H14N4O4/c1-21-7-10-14-13(17-16-10)15-11(18)6-8-4-2-3-5-9(8)12(19)20/h2-5H,6-7H2,1H3,(H,19,20)(H2,14,15,16,17,18). The number of aromatic carboxylic acids is 1. The van der Waals surface area contributed by atoms with E-state index >= 15 is 0 Å². The van der Waals surface area contributed by atoms with Gasteiger partial charge < -0.3 is 9.84 Å². The smallest absolute Gasteiger partial charge is 0.335 e. The maximum Gasteiger partial charge on any atom is 0.335 e. The van der Waals surface area contributed by atoms with Crippen molar-refractivity contribution in [2.45, 2.75) is 13.0 Å². The minimum absolute atomic E-state index is 0.0728. The van der Waals surface area contributed by atoms with Crippen LogP contribution in [0.2, 0.25) is 0 Å². The van der Waals surface area contributed by atoms with Crippen LogP contribution < -0.4 is 5.32 Å². The van der Waals surface area contributed by atoms with Crippen LogP contribution in [0.25, 0.3) is 0 Å². The third-order valence-corrected chi connectivity index (χ3v) is 2.66. The number of amides is 1. The topological polar surface area (TPSA) is 117 Å². The fourth-order valence-corrected chi connectivity index (χ4v) is 1.78. The lowest BCUT2D eigenvalue weighted by Crippen LogP contribution is -2.17. The molecule has 0 fully saturated rings. The molecule has 0 aliphatic heterocycles. The van der Waals surface area contributed by atoms with E-state index in [4.69, 9.17) is 9.84 Å². The van der Waals surface area contributed by atoms with Crippen molar-refractivity contribution in [3.63, 3.8) is 0 Å². The van der Waals surface area contributed by atoms with E-state index in [2.05, 4.69) is 20.5 Å². The summed E-state index contributed by atoms with van der Waals surface area (Å²) in [6, 6.07) is 6.33. The maximum atomic E-state index is 11.9. The van der Waals surface area contributed by atoms with Gasteiger partial charge >= 0.3 is 5.97 Å². The van der Waals surface area contributed by atoms with Crippen LogP contribution >= 0.6 is 0 Å². The van der Waals surface area contributed by atoms with Gasteiger partial charge in [-0.05, 0) is 11.6 Å². The highest BCUT2D eigenvalue weighted by Gasteiger charge is 2.14. The van der Waals surface area contributed by atoms with E-state index in [0.717, 1.165) is 0 Å². The third-order valence-electron chi connectivity index (χ3n) is 2.66. The lowest BCUT2D eigenvalue weighted by molar-refractivity contribution is -0.115. The molecule has 0 atom stereocenters. The molecule has 2 aromatic rings. The van der Waals surface area contributed by atoms with E-state index in [1.165, 1.54) is 13.2 Å². The Kier molecular flexibility index (Phi) is 4.62. The van der Waals surface area contributed by atoms with E-state index in [9.17, 15) is 9.59 Å². The van der Waals surface area contributed by atoms with Crippen molar-refractivity contribution in [1.82, 2.24) is 15.2 Å². The van der Waals surface area contributed by atoms with Crippen molar-refractivity contribution in [3.05, 3.63) is 41.2 Å². The molecule has 8 heteroatoms. The molecule has 8 nitrogen and oxygen atoms in total. The monoisotopic (exact) mass is 290 g/mol. The largest absolute Gasteiger partial charge is 0.478 e. The van der Waals surface area contributed by atoms with Crippen LogP contribution in [0, 0.1) is 0 Å². The SMILES string of the molecule is COCc1nc(NC(=O)Cc2ccccc2C(=O)O)n[nH]1. The van der Waals surface area contributed by atoms with E-state index in [0.29, 0.717) is 11.4 Å². The van der Waals surface area contributed by atoms with Gasteiger partial charge in [-0.1, -0.05) is 18.2 Å². The Hall–Kier alpha value is -2.74. The molecule has 0 aliphatic rings. The summed E-state index contributed by atoms with van der Waals surface area (Å²) in [7, 11) is 1.52. The van der Waals surface area contributed by atoms with Crippen molar-refractivity contribution in [3.8, 4) is 0 Å². The fraction of sp³-hybridized carbons (Fsp3) is 0.231. The first-order chi connectivity index (χ1) is 10.1. The van der Waals surface area contributed by atoms with Gasteiger partial charge in [-0.3, -0.25) is 15.2 Å². The number of benzene rings is 1. The molecule has 21 heavy (non-hydrogen) atoms. The van der Waals surface area contributed by atoms with Crippen LogP contribution in [-0.2, 0) is 22.6 Å². The molecule has 0 aliphatic carbocycles. The minimum Gasteiger partial charge on any atom is -0.478 e. The molecule has 1 aromatic heterocycles. The molecule has 0 saturated heterocycles. The number of carboxylic acids is 1. The molecule has 1 aromatic carbocycles. The molecule has 0 saturated carbocycles. The summed E-state index contributed by atoms with van der Waals surface area (Å²) in [5.41, 5.74) is 0.526. The van der Waals surface area contributed by atoms with Crippen LogP contribution in [0.3, 0.4) is 0 Å². The molecule has 3 N–H and O–H groups in total. The first-order valence-electron chi connectivity index (χ1n) is 6.11. The normalized spacial score (nSPS) is 10.3. The van der Waals surface area contributed by atoms with Gasteiger partial charge in [0.05, 0.1) is 12.0 Å². The molecule has 0 spiro atoms. The van der Waals surface area contributed by atoms with E-state index in [1.54, 1.807) is 18.2 Å². The van der Waals surface area contributed by atoms with Crippen molar-refractivity contribution in [2.75, 3.05) is 12.4 Å². The van der Waals surface area contributed by atoms with Crippen LogP contribution in [0.1, 0.15) is 21.7 Å². The Morgan fingerprint density at radius 3 is 2.86 bits per heavy atom. The second-order valence-corrected chi connectivity index (χ2v) is 4.23. The Bertz CT molecular complexity index is 653. The molecular weight excluding hydrogens is 276 g/mol. The number of methoxy groups -OCH3 is 1. The summed E-state index contributed by atoms with van der Waals surface area (Å²) >= 11 is 0. The Morgan fingerprint density at radius 2 is 2.14 bits per heavy atom. The lowest BCUT2D eigenvalue weighted by Gasteiger charge is -2.05. The van der Waals surface area contributed by atoms with Gasteiger partial charge in [0, 0.05) is 7.11 Å². The molecule has 0 unspecified atom stereocenters. The number of carboxylic acid groups (broad SMARTS) is 1. The molecular formula is C13H14N4O4. The summed E-state index contributed by atoms with van der Waals surface area (Å²) in [4.78, 5) is 27.0. The van der Waals surface area contributed by atoms with Crippen molar-refractivity contribution < 1.29 is 19.4 Å². The summed E-state index contributed by atoms with van der Waals surface area (Å²) < 4.78 is 4.87. The van der Waals surface area contributed by atoms with E-state index < -0.39 is 11.9 Å². The number of carbonyl (C=O) groups excluding carboxylic acids is 1. The van der Waals surface area contributed by atoms with Gasteiger partial charge in [-0.15, -0.1) is 5.10 Å². The predicted molar refractivity (Wildman–Crippen MR) is 72.8 cm³/mol. The molecule has 0 radical (unpaired) electrons. The minimum atomic E-state index is -1.07. The number of rotatable bonds is 6. The lowest BCUT2D eigenvalue weighted by atomic mass is 10.0. The number of hydrogen-bond donors (Lipinski definition) is 3. The number of aromatic nitrogens is 3. The average Bonchev–Trinajstić information content (AvgIpc) is 2.86. The second-order valence-electron chi connectivity index (χ2n) is 4.23. The first kappa shape index (κ1) is 14.7. The van der Waals surface area contributed by atoms with Gasteiger partial charge in [-0.2, -0.15) is 4.98 Å². The van der Waals surface area contributed by atoms with Gasteiger partial charge in [-0.25, -0.2) is 4.79 Å². The highest BCUT2D eigenvalue weighted by Crippen LogP contribution is 2.10. The number of nitrogens with zero attached hydrogens (tertiary/aromatic N) is 2. The van der Waals surface area contributed by atoms with Crippen LogP contribution in [-0.4, -0.2) is 39.3 Å². The fourth-order valence-electron chi connectivity index (χ4n) is 1.78. The highest BCUT2D eigenvalue weighted by molar-refractivity contribution is 5.95. The van der Waals surface area contributed by atoms with Crippen molar-refractivity contribution >= 4 is 17.8 Å². The number of anilines is 1. The van der Waals surface area contributed by atoms with Crippen molar-refractivity contribution in [1.29, 1.82) is 0 Å². The second kappa shape index (κ2) is 6.62. The van der Waals surface area contributed by atoms with Crippen LogP contribution in [0.5, 0.6) is 0 Å². The van der Waals surface area contributed by atoms with Gasteiger partial charge in [0.2, 0.25) is 11.9 Å². The summed E-state index contributed by atoms with van der Waals surface area (Å²) in [5, 5.41) is 18.0. The molecule has 110 valence electrons. The molecule has 1 heterocycles. The summed E-state index contributed by atoms with van der Waals surface area (Å²) in [5.74, 6) is -0.857. The highest BCUT2D eigenvalue weighted by atomic mass is 16.5. The Balaban J connectivity index is 2.03. The van der Waals surface area contributed by atoms with Gasteiger partial charge in [0.1, 0.15) is 6.61 Å². The van der Waals surface area contributed by atoms with E-state index in [1.807, 2.05) is 0 Å². The number of nitrogens with one attached hydrogen (secondary N) is 2. The molecule has 2 rings (SSSR count). The van der Waals surface area contributed by atoms with Crippen LogP contribution in [0.15, 0.2) is 24.3 Å².